The molecule has 0 spiro atoms. The van der Waals surface area contributed by atoms with Crippen LogP contribution in [0.2, 0.25) is 0 Å². The summed E-state index contributed by atoms with van der Waals surface area (Å²) in [7, 11) is 1.45. The number of aromatic nitrogens is 5. The second-order valence-corrected chi connectivity index (χ2v) is 13.7. The smallest absolute Gasteiger partial charge is 0.237 e. The normalized spacial score (nSPS) is 17.3. The first-order valence-corrected chi connectivity index (χ1v) is 18.6. The van der Waals surface area contributed by atoms with E-state index in [4.69, 9.17) is 4.91 Å². The lowest BCUT2D eigenvalue weighted by Crippen LogP contribution is -2.39. The van der Waals surface area contributed by atoms with Gasteiger partial charge in [-0.3, -0.25) is 25.2 Å². The van der Waals surface area contributed by atoms with Gasteiger partial charge in [-0.2, -0.15) is 5.10 Å². The van der Waals surface area contributed by atoms with E-state index in [1.807, 2.05) is 41.7 Å². The SMILES string of the molecule is C/C=C\c1c(-c2ccnc(C3CC3)c2)n[nH]c1C.CCC[C@H]1CCN(CC(=O)N2CC=C(c3ccc(-c4ncccn4)cc3)CCC2)C1.CNN=O. The third-order valence-corrected chi connectivity index (χ3v) is 9.76. The maximum atomic E-state index is 12.9. The number of hydrogen-bond acceptors (Lipinski definition) is 8. The number of rotatable bonds is 10. The Morgan fingerprint density at radius 1 is 1.02 bits per heavy atom. The summed E-state index contributed by atoms with van der Waals surface area (Å²) in [5, 5.41) is 9.72. The Hall–Kier alpha value is -5.03. The van der Waals surface area contributed by atoms with Crippen LogP contribution in [0.5, 0.6) is 0 Å². The number of carbonyl (C=O) groups excluding carboxylic acids is 1. The average molecular weight is 704 g/mol. The minimum atomic E-state index is 0.279. The van der Waals surface area contributed by atoms with Gasteiger partial charge in [0.05, 0.1) is 12.2 Å². The minimum Gasteiger partial charge on any atom is -0.338 e. The quantitative estimate of drug-likeness (QED) is 0.126. The minimum absolute atomic E-state index is 0.279. The second-order valence-electron chi connectivity index (χ2n) is 13.7. The van der Waals surface area contributed by atoms with Crippen LogP contribution in [0.3, 0.4) is 0 Å². The topological polar surface area (TPSA) is 132 Å². The number of nitrogens with one attached hydrogen (secondary N) is 2. The molecular weight excluding hydrogens is 651 g/mol. The summed E-state index contributed by atoms with van der Waals surface area (Å²) in [5.74, 6) is 2.48. The summed E-state index contributed by atoms with van der Waals surface area (Å²) in [6.07, 6.45) is 20.2. The van der Waals surface area contributed by atoms with Crippen LogP contribution < -0.4 is 5.43 Å². The van der Waals surface area contributed by atoms with Gasteiger partial charge in [-0.1, -0.05) is 55.8 Å². The highest BCUT2D eigenvalue weighted by Crippen LogP contribution is 2.40. The number of aromatic amines is 1. The standard InChI is InChI=1S/C25H32N4O.C15H17N3.CH4N2O/c1-2-5-20-11-16-28(18-20)19-24(30)29-15-3-6-21(12-17-29)22-7-9-23(10-8-22)25-26-13-4-14-27-25;1-3-4-13-10(2)17-18-15(13)12-7-8-16-14(9-12)11-5-6-11;1-2-3-4/h4,7-10,12-14,20H,2-3,5-6,11,15-19H2,1H3;3-4,7-9,11H,5-6H2,1-2H3,(H,17,18);1H3,(H,2,4)/b;4-3-;/t20-;;/m0../s1. The zero-order valence-corrected chi connectivity index (χ0v) is 31.1. The number of H-pyrrole nitrogens is 1. The number of aryl methyl sites for hydroxylation is 1. The van der Waals surface area contributed by atoms with Crippen molar-refractivity contribution >= 4 is 17.6 Å². The van der Waals surface area contributed by atoms with Crippen LogP contribution in [0.15, 0.2) is 78.5 Å². The van der Waals surface area contributed by atoms with E-state index >= 15 is 0 Å². The molecule has 2 aliphatic heterocycles. The van der Waals surface area contributed by atoms with Crippen molar-refractivity contribution in [3.8, 4) is 22.6 Å². The lowest BCUT2D eigenvalue weighted by molar-refractivity contribution is -0.131. The predicted octanol–water partition coefficient (Wildman–Crippen LogP) is 7.85. The van der Waals surface area contributed by atoms with E-state index in [-0.39, 0.29) is 5.91 Å². The largest absolute Gasteiger partial charge is 0.338 e. The van der Waals surface area contributed by atoms with Crippen LogP contribution in [-0.2, 0) is 4.79 Å². The van der Waals surface area contributed by atoms with E-state index in [0.29, 0.717) is 19.0 Å². The zero-order valence-electron chi connectivity index (χ0n) is 31.1. The summed E-state index contributed by atoms with van der Waals surface area (Å²) in [6.45, 7) is 10.6. The van der Waals surface area contributed by atoms with Crippen LogP contribution in [0.4, 0.5) is 0 Å². The van der Waals surface area contributed by atoms with Crippen LogP contribution in [-0.4, -0.2) is 80.6 Å². The van der Waals surface area contributed by atoms with Crippen LogP contribution in [0.25, 0.3) is 34.3 Å². The van der Waals surface area contributed by atoms with Crippen molar-refractivity contribution in [3.05, 3.63) is 101 Å². The van der Waals surface area contributed by atoms with Gasteiger partial charge in [0, 0.05) is 84.6 Å². The molecule has 5 heterocycles. The summed E-state index contributed by atoms with van der Waals surface area (Å²) in [4.78, 5) is 39.1. The molecule has 11 nitrogen and oxygen atoms in total. The molecule has 1 saturated heterocycles. The fourth-order valence-electron chi connectivity index (χ4n) is 6.86. The number of nitrogens with zero attached hydrogens (tertiary/aromatic N) is 7. The lowest BCUT2D eigenvalue weighted by atomic mass is 10.00. The number of nitroso groups, excluding NO2 is 1. The first-order valence-electron chi connectivity index (χ1n) is 18.6. The zero-order chi connectivity index (χ0) is 36.7. The molecule has 2 fully saturated rings. The third-order valence-electron chi connectivity index (χ3n) is 9.76. The van der Waals surface area contributed by atoms with Gasteiger partial charge < -0.3 is 4.90 Å². The van der Waals surface area contributed by atoms with Crippen molar-refractivity contribution in [1.82, 2.24) is 40.4 Å². The molecule has 11 heteroatoms. The molecule has 4 aromatic rings. The highest BCUT2D eigenvalue weighted by Gasteiger charge is 2.26. The Balaban J connectivity index is 0.000000201. The van der Waals surface area contributed by atoms with Crippen LogP contribution in [0.1, 0.15) is 87.2 Å². The highest BCUT2D eigenvalue weighted by atomic mass is 16.3. The van der Waals surface area contributed by atoms with Crippen molar-refractivity contribution in [2.24, 2.45) is 11.2 Å². The Morgan fingerprint density at radius 2 is 1.77 bits per heavy atom. The number of benzene rings is 1. The number of amides is 1. The maximum absolute atomic E-state index is 12.9. The number of pyridine rings is 1. The van der Waals surface area contributed by atoms with Gasteiger partial charge in [0.15, 0.2) is 5.82 Å². The molecular formula is C41H53N9O2. The van der Waals surface area contributed by atoms with Gasteiger partial charge in [-0.15, -0.1) is 4.91 Å². The second kappa shape index (κ2) is 19.5. The molecule has 1 atom stereocenters. The Morgan fingerprint density at radius 3 is 2.46 bits per heavy atom. The first kappa shape index (κ1) is 38.2. The first-order chi connectivity index (χ1) is 25.4. The van der Waals surface area contributed by atoms with Crippen LogP contribution >= 0.6 is 0 Å². The van der Waals surface area contributed by atoms with E-state index in [9.17, 15) is 4.79 Å². The highest BCUT2D eigenvalue weighted by molar-refractivity contribution is 5.79. The molecule has 2 N–H and O–H groups in total. The van der Waals surface area contributed by atoms with Gasteiger partial charge in [0.1, 0.15) is 0 Å². The van der Waals surface area contributed by atoms with Gasteiger partial charge in [0.25, 0.3) is 0 Å². The molecule has 1 amide bonds. The molecule has 52 heavy (non-hydrogen) atoms. The Bertz CT molecular complexity index is 1780. The molecule has 1 aliphatic carbocycles. The van der Waals surface area contributed by atoms with Crippen LogP contribution in [0, 0.1) is 17.7 Å². The van der Waals surface area contributed by atoms with Crippen molar-refractivity contribution in [1.29, 1.82) is 0 Å². The lowest BCUT2D eigenvalue weighted by Gasteiger charge is -2.23. The Labute approximate surface area is 308 Å². The average Bonchev–Trinajstić information content (AvgIpc) is 3.91. The monoisotopic (exact) mass is 703 g/mol. The van der Waals surface area contributed by atoms with Crippen molar-refractivity contribution in [2.45, 2.75) is 71.6 Å². The number of hydrogen-bond donors (Lipinski definition) is 2. The summed E-state index contributed by atoms with van der Waals surface area (Å²) in [5.41, 5.74) is 11.2. The number of likely N-dealkylation sites (tertiary alicyclic amines) is 1. The van der Waals surface area contributed by atoms with E-state index < -0.39 is 0 Å². The fraction of sp³-hybridized carbons (Fsp3) is 0.439. The molecule has 1 aromatic carbocycles. The van der Waals surface area contributed by atoms with E-state index in [0.717, 1.165) is 66.7 Å². The van der Waals surface area contributed by atoms with Gasteiger partial charge in [-0.25, -0.2) is 9.97 Å². The summed E-state index contributed by atoms with van der Waals surface area (Å²) < 4.78 is 0. The van der Waals surface area contributed by atoms with Gasteiger partial charge >= 0.3 is 0 Å². The van der Waals surface area contributed by atoms with Gasteiger partial charge in [0.2, 0.25) is 5.91 Å². The molecule has 0 radical (unpaired) electrons. The van der Waals surface area contributed by atoms with Crippen molar-refractivity contribution in [3.63, 3.8) is 0 Å². The maximum Gasteiger partial charge on any atom is 0.237 e. The number of carbonyl (C=O) groups is 1. The molecule has 274 valence electrons. The van der Waals surface area contributed by atoms with E-state index in [2.05, 4.69) is 91.7 Å². The fourth-order valence-corrected chi connectivity index (χ4v) is 6.86. The molecule has 1 saturated carbocycles. The summed E-state index contributed by atoms with van der Waals surface area (Å²) >= 11 is 0. The Kier molecular flexibility index (Phi) is 14.4. The molecule has 0 bridgehead atoms. The van der Waals surface area contributed by atoms with Gasteiger partial charge in [-0.05, 0) is 94.2 Å². The van der Waals surface area contributed by atoms with Crippen molar-refractivity contribution in [2.75, 3.05) is 39.8 Å². The van der Waals surface area contributed by atoms with E-state index in [1.54, 1.807) is 12.4 Å². The molecule has 0 unspecified atom stereocenters. The summed E-state index contributed by atoms with van der Waals surface area (Å²) in [6, 6.07) is 14.5. The third kappa shape index (κ3) is 10.7. The number of allylic oxidation sites excluding steroid dienone is 2. The van der Waals surface area contributed by atoms with E-state index in [1.165, 1.54) is 61.5 Å². The molecule has 7 rings (SSSR count). The molecule has 3 aromatic heterocycles. The van der Waals surface area contributed by atoms with Crippen molar-refractivity contribution < 1.29 is 4.79 Å². The predicted molar refractivity (Wildman–Crippen MR) is 209 cm³/mol. The molecule has 3 aliphatic rings.